The summed E-state index contributed by atoms with van der Waals surface area (Å²) in [5.74, 6) is 0. The Kier molecular flexibility index (Phi) is 4.36. The molecule has 16 heavy (non-hydrogen) atoms. The summed E-state index contributed by atoms with van der Waals surface area (Å²) in [6.45, 7) is 3.21. The summed E-state index contributed by atoms with van der Waals surface area (Å²) in [6, 6.07) is 2.98. The molecule has 0 aliphatic rings. The zero-order chi connectivity index (χ0) is 12.4. The van der Waals surface area contributed by atoms with Crippen molar-refractivity contribution in [1.29, 1.82) is 0 Å². The second-order valence-electron chi connectivity index (χ2n) is 3.74. The first-order valence-corrected chi connectivity index (χ1v) is 7.41. The molecular formula is C9H14ClNO3S2. The van der Waals surface area contributed by atoms with Gasteiger partial charge in [-0.1, -0.05) is 18.5 Å². The molecule has 7 heteroatoms. The van der Waals surface area contributed by atoms with Crippen LogP contribution in [0.25, 0.3) is 0 Å². The first kappa shape index (κ1) is 13.9. The van der Waals surface area contributed by atoms with E-state index in [-0.39, 0.29) is 10.8 Å². The molecule has 0 fully saturated rings. The van der Waals surface area contributed by atoms with Crippen LogP contribution >= 0.6 is 22.9 Å². The molecule has 0 aliphatic carbocycles. The third-order valence-corrected chi connectivity index (χ3v) is 5.68. The van der Waals surface area contributed by atoms with E-state index < -0.39 is 15.6 Å². The van der Waals surface area contributed by atoms with Gasteiger partial charge in [0.2, 0.25) is 0 Å². The number of thiophene rings is 1. The molecule has 1 aromatic rings. The van der Waals surface area contributed by atoms with E-state index in [9.17, 15) is 8.42 Å². The highest BCUT2D eigenvalue weighted by Gasteiger charge is 2.29. The van der Waals surface area contributed by atoms with Crippen LogP contribution in [0.3, 0.4) is 0 Å². The number of rotatable bonds is 5. The second-order valence-corrected chi connectivity index (χ2v) is 7.36. The Morgan fingerprint density at radius 3 is 2.56 bits per heavy atom. The molecule has 0 aromatic carbocycles. The quantitative estimate of drug-likeness (QED) is 0.866. The van der Waals surface area contributed by atoms with Gasteiger partial charge in [0.05, 0.1) is 16.5 Å². The Labute approximate surface area is 104 Å². The maximum absolute atomic E-state index is 11.9. The third-order valence-electron chi connectivity index (χ3n) is 2.32. The van der Waals surface area contributed by atoms with Gasteiger partial charge in [0.15, 0.2) is 0 Å². The fourth-order valence-corrected chi connectivity index (χ4v) is 3.99. The molecule has 0 saturated heterocycles. The number of aliphatic hydroxyl groups excluding tert-OH is 1. The lowest BCUT2D eigenvalue weighted by Gasteiger charge is -2.26. The SMILES string of the molecule is CCC(C)(CO)NS(=O)(=O)c1ccc(Cl)s1. The van der Waals surface area contributed by atoms with Crippen LogP contribution in [0.1, 0.15) is 20.3 Å². The van der Waals surface area contributed by atoms with Gasteiger partial charge in [0, 0.05) is 0 Å². The highest BCUT2D eigenvalue weighted by molar-refractivity contribution is 7.91. The number of hydrogen-bond donors (Lipinski definition) is 2. The van der Waals surface area contributed by atoms with Crippen LogP contribution in [0.15, 0.2) is 16.3 Å². The van der Waals surface area contributed by atoms with E-state index in [1.807, 2.05) is 0 Å². The largest absolute Gasteiger partial charge is 0.394 e. The average Bonchev–Trinajstić information content (AvgIpc) is 2.65. The zero-order valence-corrected chi connectivity index (χ0v) is 11.4. The molecule has 4 nitrogen and oxygen atoms in total. The minimum atomic E-state index is -3.60. The number of nitrogens with one attached hydrogen (secondary N) is 1. The maximum Gasteiger partial charge on any atom is 0.250 e. The summed E-state index contributed by atoms with van der Waals surface area (Å²) in [6.07, 6.45) is 0.502. The van der Waals surface area contributed by atoms with E-state index in [1.54, 1.807) is 13.8 Å². The summed E-state index contributed by atoms with van der Waals surface area (Å²) in [4.78, 5) is 0. The molecule has 1 heterocycles. The average molecular weight is 284 g/mol. The van der Waals surface area contributed by atoms with Gasteiger partial charge in [-0.3, -0.25) is 0 Å². The van der Waals surface area contributed by atoms with Gasteiger partial charge in [-0.25, -0.2) is 13.1 Å². The van der Waals surface area contributed by atoms with E-state index in [2.05, 4.69) is 4.72 Å². The van der Waals surface area contributed by atoms with Gasteiger partial charge in [-0.2, -0.15) is 0 Å². The fourth-order valence-electron chi connectivity index (χ4n) is 1.03. The minimum Gasteiger partial charge on any atom is -0.394 e. The molecule has 0 amide bonds. The van der Waals surface area contributed by atoms with Crippen molar-refractivity contribution in [3.05, 3.63) is 16.5 Å². The molecule has 0 aliphatic heterocycles. The van der Waals surface area contributed by atoms with Crippen LogP contribution in [0, 0.1) is 0 Å². The van der Waals surface area contributed by atoms with Gasteiger partial charge in [-0.05, 0) is 25.5 Å². The molecule has 2 N–H and O–H groups in total. The van der Waals surface area contributed by atoms with Gasteiger partial charge >= 0.3 is 0 Å². The van der Waals surface area contributed by atoms with E-state index in [0.29, 0.717) is 10.8 Å². The summed E-state index contributed by atoms with van der Waals surface area (Å²) in [7, 11) is -3.60. The Bertz CT molecular complexity index is 451. The van der Waals surface area contributed by atoms with Crippen molar-refractivity contribution >= 4 is 33.0 Å². The number of sulfonamides is 1. The van der Waals surface area contributed by atoms with E-state index in [4.69, 9.17) is 16.7 Å². The summed E-state index contributed by atoms with van der Waals surface area (Å²) in [5, 5.41) is 9.15. The van der Waals surface area contributed by atoms with Crippen molar-refractivity contribution in [2.45, 2.75) is 30.0 Å². The standard InChI is InChI=1S/C9H14ClNO3S2/c1-3-9(2,6-12)11-16(13,14)8-5-4-7(10)15-8/h4-5,11-12H,3,6H2,1-2H3. The molecule has 92 valence electrons. The maximum atomic E-state index is 11.9. The lowest BCUT2D eigenvalue weighted by Crippen LogP contribution is -2.48. The Morgan fingerprint density at radius 2 is 2.19 bits per heavy atom. The van der Waals surface area contributed by atoms with Crippen molar-refractivity contribution in [1.82, 2.24) is 4.72 Å². The van der Waals surface area contributed by atoms with Crippen LogP contribution in [-0.2, 0) is 10.0 Å². The molecule has 1 unspecified atom stereocenters. The topological polar surface area (TPSA) is 66.4 Å². The van der Waals surface area contributed by atoms with Crippen molar-refractivity contribution in [3.63, 3.8) is 0 Å². The van der Waals surface area contributed by atoms with Crippen molar-refractivity contribution < 1.29 is 13.5 Å². The lowest BCUT2D eigenvalue weighted by atomic mass is 10.0. The highest BCUT2D eigenvalue weighted by Crippen LogP contribution is 2.26. The smallest absolute Gasteiger partial charge is 0.250 e. The first-order chi connectivity index (χ1) is 7.33. The molecule has 0 saturated carbocycles. The highest BCUT2D eigenvalue weighted by atomic mass is 35.5. The molecule has 0 radical (unpaired) electrons. The van der Waals surface area contributed by atoms with E-state index >= 15 is 0 Å². The van der Waals surface area contributed by atoms with Crippen molar-refractivity contribution in [3.8, 4) is 0 Å². The van der Waals surface area contributed by atoms with Gasteiger partial charge in [0.1, 0.15) is 4.21 Å². The fraction of sp³-hybridized carbons (Fsp3) is 0.556. The molecule has 1 rings (SSSR count). The van der Waals surface area contributed by atoms with E-state index in [1.165, 1.54) is 12.1 Å². The Hall–Kier alpha value is -0.140. The van der Waals surface area contributed by atoms with Gasteiger partial charge < -0.3 is 5.11 Å². The van der Waals surface area contributed by atoms with Crippen LogP contribution in [-0.4, -0.2) is 25.7 Å². The summed E-state index contributed by atoms with van der Waals surface area (Å²) in [5.41, 5.74) is -0.838. The Morgan fingerprint density at radius 1 is 1.56 bits per heavy atom. The number of hydrogen-bond acceptors (Lipinski definition) is 4. The number of halogens is 1. The predicted octanol–water partition coefficient (Wildman–Crippen LogP) is 1.84. The van der Waals surface area contributed by atoms with Gasteiger partial charge in [0.25, 0.3) is 10.0 Å². The molecule has 1 aromatic heterocycles. The number of aliphatic hydroxyl groups is 1. The second kappa shape index (κ2) is 5.01. The molecule has 1 atom stereocenters. The van der Waals surface area contributed by atoms with E-state index in [0.717, 1.165) is 11.3 Å². The molecular weight excluding hydrogens is 270 g/mol. The molecule has 0 spiro atoms. The monoisotopic (exact) mass is 283 g/mol. The van der Waals surface area contributed by atoms with Crippen molar-refractivity contribution in [2.75, 3.05) is 6.61 Å². The zero-order valence-electron chi connectivity index (χ0n) is 9.03. The Balaban J connectivity index is 2.96. The van der Waals surface area contributed by atoms with Crippen LogP contribution in [0.4, 0.5) is 0 Å². The first-order valence-electron chi connectivity index (χ1n) is 4.73. The molecule has 0 bridgehead atoms. The van der Waals surface area contributed by atoms with Gasteiger partial charge in [-0.15, -0.1) is 11.3 Å². The van der Waals surface area contributed by atoms with Crippen molar-refractivity contribution in [2.24, 2.45) is 0 Å². The normalized spacial score (nSPS) is 16.0. The predicted molar refractivity (Wildman–Crippen MR) is 65.4 cm³/mol. The lowest BCUT2D eigenvalue weighted by molar-refractivity contribution is 0.191. The summed E-state index contributed by atoms with van der Waals surface area (Å²) < 4.78 is 26.9. The van der Waals surface area contributed by atoms with Crippen LogP contribution in [0.2, 0.25) is 4.34 Å². The van der Waals surface area contributed by atoms with Crippen LogP contribution < -0.4 is 4.72 Å². The third kappa shape index (κ3) is 3.18. The van der Waals surface area contributed by atoms with Crippen LogP contribution in [0.5, 0.6) is 0 Å². The minimum absolute atomic E-state index is 0.158. The summed E-state index contributed by atoms with van der Waals surface area (Å²) >= 11 is 6.67.